The van der Waals surface area contributed by atoms with Crippen molar-refractivity contribution in [1.82, 2.24) is 19.6 Å². The van der Waals surface area contributed by atoms with Crippen molar-refractivity contribution in [2.24, 2.45) is 0 Å². The summed E-state index contributed by atoms with van der Waals surface area (Å²) in [6.07, 6.45) is 0.565. The molecule has 6 nitrogen and oxygen atoms in total. The van der Waals surface area contributed by atoms with Crippen molar-refractivity contribution in [3.05, 3.63) is 63.6 Å². The first-order valence-corrected chi connectivity index (χ1v) is 9.02. The number of nitrogens with one attached hydrogen (secondary N) is 1. The number of hydrogen-bond acceptors (Lipinski definition) is 3. The zero-order valence-corrected chi connectivity index (χ0v) is 16.4. The van der Waals surface area contributed by atoms with Crippen LogP contribution in [0.3, 0.4) is 0 Å². The Morgan fingerprint density at radius 2 is 2.04 bits per heavy atom. The lowest BCUT2D eigenvalue weighted by Gasteiger charge is -2.06. The highest BCUT2D eigenvalue weighted by molar-refractivity contribution is 9.10. The summed E-state index contributed by atoms with van der Waals surface area (Å²) in [6, 6.07) is 7.99. The number of halogens is 3. The molecule has 142 valence electrons. The number of benzene rings is 1. The van der Waals surface area contributed by atoms with Gasteiger partial charge in [-0.05, 0) is 40.9 Å². The van der Waals surface area contributed by atoms with Crippen LogP contribution in [-0.4, -0.2) is 25.5 Å². The average molecular weight is 438 g/mol. The third-order valence-electron chi connectivity index (χ3n) is 4.17. The summed E-state index contributed by atoms with van der Waals surface area (Å²) in [5, 5.41) is 10.8. The summed E-state index contributed by atoms with van der Waals surface area (Å²) >= 11 is 3.09. The zero-order chi connectivity index (χ0) is 19.6. The molecule has 0 bridgehead atoms. The van der Waals surface area contributed by atoms with Crippen molar-refractivity contribution in [3.63, 3.8) is 0 Å². The van der Waals surface area contributed by atoms with E-state index in [1.807, 2.05) is 31.2 Å². The van der Waals surface area contributed by atoms with E-state index in [4.69, 9.17) is 0 Å². The topological polar surface area (TPSA) is 64.7 Å². The Kier molecular flexibility index (Phi) is 5.69. The lowest BCUT2D eigenvalue weighted by molar-refractivity contribution is -0.117. The van der Waals surface area contributed by atoms with Crippen LogP contribution in [0.2, 0.25) is 0 Å². The van der Waals surface area contributed by atoms with Gasteiger partial charge >= 0.3 is 0 Å². The summed E-state index contributed by atoms with van der Waals surface area (Å²) in [5.41, 5.74) is 2.93. The Balaban J connectivity index is 1.65. The number of rotatable bonds is 6. The fourth-order valence-electron chi connectivity index (χ4n) is 2.65. The predicted octanol–water partition coefficient (Wildman–Crippen LogP) is 4.08. The summed E-state index contributed by atoms with van der Waals surface area (Å²) in [7, 11) is 0. The molecule has 0 spiro atoms. The molecule has 0 saturated heterocycles. The molecule has 3 aromatic rings. The van der Waals surface area contributed by atoms with Crippen LogP contribution < -0.4 is 5.32 Å². The number of alkyl halides is 2. The van der Waals surface area contributed by atoms with Crippen LogP contribution >= 0.6 is 15.9 Å². The molecular formula is C18H18BrF2N5O. The first-order chi connectivity index (χ1) is 12.8. The number of carbonyl (C=O) groups excluding carboxylic acids is 1. The molecule has 0 radical (unpaired) electrons. The van der Waals surface area contributed by atoms with Gasteiger partial charge in [-0.1, -0.05) is 24.3 Å². The van der Waals surface area contributed by atoms with E-state index >= 15 is 0 Å². The van der Waals surface area contributed by atoms with Crippen molar-refractivity contribution < 1.29 is 13.6 Å². The first kappa shape index (κ1) is 19.2. The highest BCUT2D eigenvalue weighted by Gasteiger charge is 2.21. The smallest absolute Gasteiger partial charge is 0.283 e. The summed E-state index contributed by atoms with van der Waals surface area (Å²) < 4.78 is 29.0. The van der Waals surface area contributed by atoms with Gasteiger partial charge in [-0.2, -0.15) is 10.2 Å². The second-order valence-electron chi connectivity index (χ2n) is 6.14. The highest BCUT2D eigenvalue weighted by atomic mass is 79.9. The Bertz CT molecular complexity index is 967. The van der Waals surface area contributed by atoms with Crippen LogP contribution in [-0.2, 0) is 17.9 Å². The van der Waals surface area contributed by atoms with Crippen molar-refractivity contribution in [1.29, 1.82) is 0 Å². The highest BCUT2D eigenvalue weighted by Crippen LogP contribution is 2.28. The Hall–Kier alpha value is -2.55. The van der Waals surface area contributed by atoms with Gasteiger partial charge in [-0.15, -0.1) is 0 Å². The summed E-state index contributed by atoms with van der Waals surface area (Å²) in [4.78, 5) is 12.2. The molecule has 1 aromatic carbocycles. The van der Waals surface area contributed by atoms with E-state index in [2.05, 4.69) is 31.4 Å². The van der Waals surface area contributed by atoms with E-state index in [9.17, 15) is 13.6 Å². The molecule has 0 aliphatic heterocycles. The zero-order valence-electron chi connectivity index (χ0n) is 14.8. The molecule has 9 heteroatoms. The van der Waals surface area contributed by atoms with Gasteiger partial charge in [0.25, 0.3) is 6.43 Å². The van der Waals surface area contributed by atoms with Crippen molar-refractivity contribution in [2.45, 2.75) is 33.4 Å². The largest absolute Gasteiger partial charge is 0.322 e. The molecule has 0 fully saturated rings. The third-order valence-corrected chi connectivity index (χ3v) is 5.15. The maximum absolute atomic E-state index is 12.9. The Labute approximate surface area is 163 Å². The van der Waals surface area contributed by atoms with Crippen molar-refractivity contribution in [3.8, 4) is 0 Å². The summed E-state index contributed by atoms with van der Waals surface area (Å²) in [6.45, 7) is 4.07. The van der Waals surface area contributed by atoms with Crippen molar-refractivity contribution >= 4 is 27.5 Å². The van der Waals surface area contributed by atoms with Crippen LogP contribution in [0.5, 0.6) is 0 Å². The van der Waals surface area contributed by atoms with Gasteiger partial charge in [-0.25, -0.2) is 8.78 Å². The number of amides is 1. The maximum atomic E-state index is 12.9. The second kappa shape index (κ2) is 7.99. The number of carbonyl (C=O) groups is 1. The average Bonchev–Trinajstić information content (AvgIpc) is 3.16. The van der Waals surface area contributed by atoms with Gasteiger partial charge in [-0.3, -0.25) is 14.2 Å². The molecule has 1 amide bonds. The number of aryl methyl sites for hydroxylation is 1. The van der Waals surface area contributed by atoms with Gasteiger partial charge in [0.05, 0.1) is 28.6 Å². The Morgan fingerprint density at radius 3 is 2.70 bits per heavy atom. The molecule has 2 heterocycles. The molecule has 0 aliphatic rings. The number of hydrogen-bond donors (Lipinski definition) is 1. The van der Waals surface area contributed by atoms with Crippen LogP contribution in [0.1, 0.15) is 28.9 Å². The van der Waals surface area contributed by atoms with Gasteiger partial charge < -0.3 is 5.32 Å². The van der Waals surface area contributed by atoms with E-state index in [-0.39, 0.29) is 22.6 Å². The molecule has 0 unspecified atom stereocenters. The van der Waals surface area contributed by atoms with Gasteiger partial charge in [0.15, 0.2) is 0 Å². The second-order valence-corrected chi connectivity index (χ2v) is 6.94. The molecule has 2 aromatic heterocycles. The third kappa shape index (κ3) is 4.41. The molecule has 0 atom stereocenters. The van der Waals surface area contributed by atoms with E-state index in [1.165, 1.54) is 4.68 Å². The van der Waals surface area contributed by atoms with Gasteiger partial charge in [0.2, 0.25) is 5.91 Å². The Morgan fingerprint density at radius 1 is 1.30 bits per heavy atom. The van der Waals surface area contributed by atoms with Gasteiger partial charge in [0.1, 0.15) is 12.2 Å². The van der Waals surface area contributed by atoms with Crippen LogP contribution in [0, 0.1) is 13.8 Å². The minimum absolute atomic E-state index is 0.167. The van der Waals surface area contributed by atoms with E-state index < -0.39 is 6.43 Å². The quantitative estimate of drug-likeness (QED) is 0.631. The number of anilines is 1. The fourth-order valence-corrected chi connectivity index (χ4v) is 3.11. The normalized spacial score (nSPS) is 11.2. The number of nitrogens with zero attached hydrogens (tertiary/aromatic N) is 4. The molecule has 0 saturated carbocycles. The maximum Gasteiger partial charge on any atom is 0.283 e. The first-order valence-electron chi connectivity index (χ1n) is 8.23. The lowest BCUT2D eigenvalue weighted by Crippen LogP contribution is -2.20. The van der Waals surface area contributed by atoms with E-state index in [0.29, 0.717) is 17.9 Å². The van der Waals surface area contributed by atoms with Crippen molar-refractivity contribution in [2.75, 3.05) is 5.32 Å². The minimum atomic E-state index is -2.71. The molecule has 3 rings (SSSR count). The minimum Gasteiger partial charge on any atom is -0.322 e. The van der Waals surface area contributed by atoms with Crippen LogP contribution in [0.25, 0.3) is 0 Å². The standard InChI is InChI=1S/C18H18BrF2N5O/c1-11-5-3-4-6-13(11)8-25-9-14(7-22-25)23-15(27)10-26-12(2)16(19)17(24-26)18(20)21/h3-7,9,18H,8,10H2,1-2H3,(H,23,27). The molecular weight excluding hydrogens is 420 g/mol. The lowest BCUT2D eigenvalue weighted by atomic mass is 10.1. The number of aromatic nitrogens is 4. The van der Waals surface area contributed by atoms with Crippen LogP contribution in [0.15, 0.2) is 41.1 Å². The molecule has 0 aliphatic carbocycles. The predicted molar refractivity (Wildman–Crippen MR) is 101 cm³/mol. The molecule has 1 N–H and O–H groups in total. The fraction of sp³-hybridized carbons (Fsp3) is 0.278. The van der Waals surface area contributed by atoms with Crippen LogP contribution in [0.4, 0.5) is 14.5 Å². The SMILES string of the molecule is Cc1ccccc1Cn1cc(NC(=O)Cn2nc(C(F)F)c(Br)c2C)cn1. The van der Waals surface area contributed by atoms with E-state index in [1.54, 1.807) is 24.0 Å². The van der Waals surface area contributed by atoms with Gasteiger partial charge in [0, 0.05) is 6.20 Å². The summed E-state index contributed by atoms with van der Waals surface area (Å²) in [5.74, 6) is -0.371. The molecule has 27 heavy (non-hydrogen) atoms. The monoisotopic (exact) mass is 437 g/mol. The van der Waals surface area contributed by atoms with E-state index in [0.717, 1.165) is 11.1 Å².